The van der Waals surface area contributed by atoms with Crippen molar-refractivity contribution in [3.63, 3.8) is 0 Å². The maximum absolute atomic E-state index is 14.3. The zero-order valence-electron chi connectivity index (χ0n) is 15.3. The van der Waals surface area contributed by atoms with Gasteiger partial charge in [0, 0.05) is 11.1 Å². The average Bonchev–Trinajstić information content (AvgIpc) is 2.95. The maximum atomic E-state index is 14.3. The molecule has 0 aliphatic rings. The van der Waals surface area contributed by atoms with E-state index in [4.69, 9.17) is 5.73 Å². The van der Waals surface area contributed by atoms with Crippen molar-refractivity contribution in [2.75, 3.05) is 6.54 Å². The van der Waals surface area contributed by atoms with Crippen molar-refractivity contribution in [3.05, 3.63) is 59.4 Å². The highest BCUT2D eigenvalue weighted by atomic mass is 19.1. The molecule has 0 amide bonds. The van der Waals surface area contributed by atoms with E-state index in [0.717, 1.165) is 35.9 Å². The summed E-state index contributed by atoms with van der Waals surface area (Å²) in [6, 6.07) is 13.9. The lowest BCUT2D eigenvalue weighted by atomic mass is 9.86. The predicted molar refractivity (Wildman–Crippen MR) is 104 cm³/mol. The number of aromatic amines is 1. The summed E-state index contributed by atoms with van der Waals surface area (Å²) in [5, 5.41) is 0.979. The number of para-hydroxylation sites is 1. The highest BCUT2D eigenvalue weighted by Crippen LogP contribution is 2.34. The van der Waals surface area contributed by atoms with Crippen LogP contribution < -0.4 is 5.73 Å². The minimum atomic E-state index is -0.199. The SMILES string of the molecule is CC(C)(C)c1ccc(-c2[nH]c3c(F)cccc3c2CCCCN)cc1. The number of unbranched alkanes of at least 4 members (excludes halogenated alkanes) is 1. The number of fused-ring (bicyclic) bond motifs is 1. The Kier molecular flexibility index (Phi) is 4.96. The van der Waals surface area contributed by atoms with Crippen LogP contribution in [-0.4, -0.2) is 11.5 Å². The summed E-state index contributed by atoms with van der Waals surface area (Å²) in [6.45, 7) is 7.31. The lowest BCUT2D eigenvalue weighted by molar-refractivity contribution is 0.590. The molecule has 0 spiro atoms. The summed E-state index contributed by atoms with van der Waals surface area (Å²) >= 11 is 0. The van der Waals surface area contributed by atoms with Crippen molar-refractivity contribution < 1.29 is 4.39 Å². The van der Waals surface area contributed by atoms with Gasteiger partial charge < -0.3 is 10.7 Å². The first-order chi connectivity index (χ1) is 11.9. The van der Waals surface area contributed by atoms with E-state index in [-0.39, 0.29) is 11.2 Å². The first-order valence-electron chi connectivity index (χ1n) is 9.02. The van der Waals surface area contributed by atoms with Crippen LogP contribution in [-0.2, 0) is 11.8 Å². The van der Waals surface area contributed by atoms with Gasteiger partial charge in [0.2, 0.25) is 0 Å². The molecule has 0 saturated heterocycles. The van der Waals surface area contributed by atoms with Gasteiger partial charge in [0.1, 0.15) is 5.82 Å². The van der Waals surface area contributed by atoms with E-state index in [1.54, 1.807) is 6.07 Å². The fourth-order valence-electron chi connectivity index (χ4n) is 3.33. The highest BCUT2D eigenvalue weighted by molar-refractivity contribution is 5.91. The minimum absolute atomic E-state index is 0.120. The van der Waals surface area contributed by atoms with Crippen LogP contribution in [0.4, 0.5) is 4.39 Å². The van der Waals surface area contributed by atoms with Gasteiger partial charge in [0.25, 0.3) is 0 Å². The zero-order chi connectivity index (χ0) is 18.0. The smallest absolute Gasteiger partial charge is 0.147 e. The molecule has 3 heteroatoms. The van der Waals surface area contributed by atoms with Crippen LogP contribution in [0.2, 0.25) is 0 Å². The van der Waals surface area contributed by atoms with Crippen molar-refractivity contribution in [3.8, 4) is 11.3 Å². The molecular weight excluding hydrogens is 311 g/mol. The molecule has 2 nitrogen and oxygen atoms in total. The van der Waals surface area contributed by atoms with Crippen LogP contribution in [0.15, 0.2) is 42.5 Å². The molecule has 25 heavy (non-hydrogen) atoms. The molecule has 0 saturated carbocycles. The summed E-state index contributed by atoms with van der Waals surface area (Å²) in [6.07, 6.45) is 2.88. The Hall–Kier alpha value is -2.13. The van der Waals surface area contributed by atoms with Crippen molar-refractivity contribution in [2.24, 2.45) is 5.73 Å². The number of aryl methyl sites for hydroxylation is 1. The zero-order valence-corrected chi connectivity index (χ0v) is 15.3. The molecule has 0 unspecified atom stereocenters. The van der Waals surface area contributed by atoms with Crippen LogP contribution in [0, 0.1) is 5.82 Å². The van der Waals surface area contributed by atoms with Gasteiger partial charge in [-0.05, 0) is 54.0 Å². The summed E-state index contributed by atoms with van der Waals surface area (Å²) < 4.78 is 14.3. The number of nitrogens with one attached hydrogen (secondary N) is 1. The maximum Gasteiger partial charge on any atom is 0.147 e. The fraction of sp³-hybridized carbons (Fsp3) is 0.364. The fourth-order valence-corrected chi connectivity index (χ4v) is 3.33. The molecule has 3 N–H and O–H groups in total. The summed E-state index contributed by atoms with van der Waals surface area (Å²) in [4.78, 5) is 3.33. The quantitative estimate of drug-likeness (QED) is 0.588. The Balaban J connectivity index is 2.08. The van der Waals surface area contributed by atoms with Gasteiger partial charge in [-0.15, -0.1) is 0 Å². The van der Waals surface area contributed by atoms with Crippen molar-refractivity contribution in [2.45, 2.75) is 45.4 Å². The topological polar surface area (TPSA) is 41.8 Å². The second-order valence-corrected chi connectivity index (χ2v) is 7.71. The Morgan fingerprint density at radius 1 is 1.00 bits per heavy atom. The molecule has 0 radical (unpaired) electrons. The molecule has 2 aromatic carbocycles. The third kappa shape index (κ3) is 3.62. The third-order valence-electron chi connectivity index (χ3n) is 4.81. The summed E-state index contributed by atoms with van der Waals surface area (Å²) in [5.74, 6) is -0.199. The molecule has 0 aliphatic carbocycles. The van der Waals surface area contributed by atoms with E-state index in [0.29, 0.717) is 12.1 Å². The van der Waals surface area contributed by atoms with Crippen LogP contribution in [0.5, 0.6) is 0 Å². The normalized spacial score (nSPS) is 12.0. The number of rotatable bonds is 5. The van der Waals surface area contributed by atoms with Gasteiger partial charge in [-0.25, -0.2) is 4.39 Å². The number of hydrogen-bond donors (Lipinski definition) is 2. The van der Waals surface area contributed by atoms with E-state index in [1.165, 1.54) is 17.2 Å². The van der Waals surface area contributed by atoms with Crippen molar-refractivity contribution in [1.29, 1.82) is 0 Å². The number of H-pyrrole nitrogens is 1. The van der Waals surface area contributed by atoms with E-state index in [2.05, 4.69) is 50.0 Å². The number of hydrogen-bond acceptors (Lipinski definition) is 1. The third-order valence-corrected chi connectivity index (χ3v) is 4.81. The van der Waals surface area contributed by atoms with E-state index in [9.17, 15) is 4.39 Å². The van der Waals surface area contributed by atoms with Crippen LogP contribution in [0.3, 0.4) is 0 Å². The first kappa shape index (κ1) is 17.7. The van der Waals surface area contributed by atoms with Crippen LogP contribution in [0.1, 0.15) is 44.7 Å². The monoisotopic (exact) mass is 338 g/mol. The molecular formula is C22H27FN2. The van der Waals surface area contributed by atoms with Crippen molar-refractivity contribution >= 4 is 10.9 Å². The highest BCUT2D eigenvalue weighted by Gasteiger charge is 2.17. The predicted octanol–water partition coefficient (Wildman–Crippen LogP) is 5.55. The molecule has 0 atom stereocenters. The number of benzene rings is 2. The lowest BCUT2D eigenvalue weighted by Crippen LogP contribution is -2.10. The standard InChI is InChI=1S/C22H27FN2/c1-22(2,3)16-12-10-15(11-13-16)20-17(7-4-5-14-24)18-8-6-9-19(23)21(18)25-20/h6,8-13,25H,4-5,7,14,24H2,1-3H3. The van der Waals surface area contributed by atoms with Gasteiger partial charge in [-0.2, -0.15) is 0 Å². The number of halogens is 1. The van der Waals surface area contributed by atoms with Gasteiger partial charge in [-0.1, -0.05) is 57.2 Å². The van der Waals surface area contributed by atoms with Crippen molar-refractivity contribution in [1.82, 2.24) is 4.98 Å². The molecule has 1 aromatic heterocycles. The lowest BCUT2D eigenvalue weighted by Gasteiger charge is -2.19. The van der Waals surface area contributed by atoms with E-state index in [1.807, 2.05) is 6.07 Å². The Bertz CT molecular complexity index is 854. The average molecular weight is 338 g/mol. The van der Waals surface area contributed by atoms with E-state index >= 15 is 0 Å². The van der Waals surface area contributed by atoms with Gasteiger partial charge in [0.15, 0.2) is 0 Å². The molecule has 1 heterocycles. The molecule has 0 bridgehead atoms. The van der Waals surface area contributed by atoms with Gasteiger partial charge in [-0.3, -0.25) is 0 Å². The van der Waals surface area contributed by atoms with Gasteiger partial charge in [0.05, 0.1) is 5.52 Å². The van der Waals surface area contributed by atoms with Crippen LogP contribution >= 0.6 is 0 Å². The summed E-state index contributed by atoms with van der Waals surface area (Å²) in [7, 11) is 0. The Morgan fingerprint density at radius 3 is 2.36 bits per heavy atom. The number of nitrogens with two attached hydrogens (primary N) is 1. The molecule has 0 fully saturated rings. The second kappa shape index (κ2) is 7.01. The molecule has 132 valence electrons. The van der Waals surface area contributed by atoms with Crippen LogP contribution in [0.25, 0.3) is 22.2 Å². The van der Waals surface area contributed by atoms with E-state index < -0.39 is 0 Å². The minimum Gasteiger partial charge on any atom is -0.352 e. The largest absolute Gasteiger partial charge is 0.352 e. The molecule has 0 aliphatic heterocycles. The van der Waals surface area contributed by atoms with Gasteiger partial charge >= 0.3 is 0 Å². The number of aromatic nitrogens is 1. The Labute approximate surface area is 149 Å². The molecule has 3 rings (SSSR count). The molecule has 3 aromatic rings. The Morgan fingerprint density at radius 2 is 1.72 bits per heavy atom. The second-order valence-electron chi connectivity index (χ2n) is 7.71. The summed E-state index contributed by atoms with van der Waals surface area (Å²) in [5.41, 5.74) is 11.0. The first-order valence-corrected chi connectivity index (χ1v) is 9.02.